The van der Waals surface area contributed by atoms with E-state index in [1.54, 1.807) is 19.2 Å². The number of nitrogens with zero attached hydrogens (tertiary/aromatic N) is 1. The molecule has 7 heteroatoms. The molecule has 5 N–H and O–H groups in total. The molecule has 0 aliphatic carbocycles. The molecule has 0 saturated heterocycles. The first-order valence-corrected chi connectivity index (χ1v) is 6.14. The standard InChI is InChI=1S/C13H21N3O4/c1-19-8-10(7-17)15-6-9-3-4-11(13(14)16-18)12(5-9)20-2/h3-5,10,15,17-18H,6-8H2,1-2H3,(H2,14,16). The van der Waals surface area contributed by atoms with Crippen molar-refractivity contribution in [2.24, 2.45) is 10.9 Å². The molecule has 0 bridgehead atoms. The fraction of sp³-hybridized carbons (Fsp3) is 0.462. The summed E-state index contributed by atoms with van der Waals surface area (Å²) in [7, 11) is 3.10. The number of hydrogen-bond donors (Lipinski definition) is 4. The SMILES string of the molecule is COCC(CO)NCc1ccc(/C(N)=N/O)c(OC)c1. The van der Waals surface area contributed by atoms with Gasteiger partial charge in [0, 0.05) is 13.7 Å². The van der Waals surface area contributed by atoms with E-state index in [1.165, 1.54) is 7.11 Å². The zero-order chi connectivity index (χ0) is 15.0. The summed E-state index contributed by atoms with van der Waals surface area (Å²) < 4.78 is 10.2. The van der Waals surface area contributed by atoms with Crippen LogP contribution in [-0.2, 0) is 11.3 Å². The lowest BCUT2D eigenvalue weighted by Gasteiger charge is -2.16. The summed E-state index contributed by atoms with van der Waals surface area (Å²) in [6, 6.07) is 5.22. The second-order valence-corrected chi connectivity index (χ2v) is 4.24. The van der Waals surface area contributed by atoms with Crippen molar-refractivity contribution in [3.63, 3.8) is 0 Å². The quantitative estimate of drug-likeness (QED) is 0.229. The van der Waals surface area contributed by atoms with E-state index < -0.39 is 0 Å². The van der Waals surface area contributed by atoms with Crippen LogP contribution in [0.25, 0.3) is 0 Å². The van der Waals surface area contributed by atoms with Crippen LogP contribution in [0.1, 0.15) is 11.1 Å². The average molecular weight is 283 g/mol. The Kier molecular flexibility index (Phi) is 6.78. The summed E-state index contributed by atoms with van der Waals surface area (Å²) in [5, 5.41) is 24.0. The monoisotopic (exact) mass is 283 g/mol. The number of nitrogens with two attached hydrogens (primary N) is 1. The number of aliphatic hydroxyl groups is 1. The van der Waals surface area contributed by atoms with Crippen LogP contribution in [0.2, 0.25) is 0 Å². The van der Waals surface area contributed by atoms with Crippen LogP contribution in [0.3, 0.4) is 0 Å². The molecule has 0 saturated carbocycles. The summed E-state index contributed by atoms with van der Waals surface area (Å²) >= 11 is 0. The fourth-order valence-corrected chi connectivity index (χ4v) is 1.75. The van der Waals surface area contributed by atoms with Gasteiger partial charge < -0.3 is 30.8 Å². The lowest BCUT2D eigenvalue weighted by molar-refractivity contribution is 0.128. The summed E-state index contributed by atoms with van der Waals surface area (Å²) in [6.07, 6.45) is 0. The summed E-state index contributed by atoms with van der Waals surface area (Å²) in [5.41, 5.74) is 7.03. The van der Waals surface area contributed by atoms with Crippen molar-refractivity contribution >= 4 is 5.84 Å². The van der Waals surface area contributed by atoms with E-state index in [0.717, 1.165) is 5.56 Å². The van der Waals surface area contributed by atoms with Gasteiger partial charge in [-0.25, -0.2) is 0 Å². The average Bonchev–Trinajstić information content (AvgIpc) is 2.50. The lowest BCUT2D eigenvalue weighted by Crippen LogP contribution is -2.35. The zero-order valence-electron chi connectivity index (χ0n) is 11.7. The maximum Gasteiger partial charge on any atom is 0.173 e. The Morgan fingerprint density at radius 1 is 1.45 bits per heavy atom. The van der Waals surface area contributed by atoms with Crippen LogP contribution in [0, 0.1) is 0 Å². The molecule has 112 valence electrons. The van der Waals surface area contributed by atoms with Crippen molar-refractivity contribution in [3.8, 4) is 5.75 Å². The molecule has 0 aromatic heterocycles. The van der Waals surface area contributed by atoms with Crippen molar-refractivity contribution in [2.75, 3.05) is 27.4 Å². The molecule has 1 aromatic rings. The van der Waals surface area contributed by atoms with Gasteiger partial charge in [0.2, 0.25) is 0 Å². The number of ether oxygens (including phenoxy) is 2. The summed E-state index contributed by atoms with van der Waals surface area (Å²) in [5.74, 6) is 0.515. The van der Waals surface area contributed by atoms with E-state index in [0.29, 0.717) is 24.5 Å². The molecule has 0 fully saturated rings. The molecule has 1 aromatic carbocycles. The highest BCUT2D eigenvalue weighted by molar-refractivity contribution is 5.99. The van der Waals surface area contributed by atoms with Gasteiger partial charge in [-0.05, 0) is 17.7 Å². The molecule has 0 heterocycles. The van der Waals surface area contributed by atoms with Gasteiger partial charge in [0.05, 0.1) is 31.9 Å². The van der Waals surface area contributed by atoms with Crippen molar-refractivity contribution in [2.45, 2.75) is 12.6 Å². The molecule has 0 aliphatic rings. The maximum absolute atomic E-state index is 9.16. The van der Waals surface area contributed by atoms with Crippen LogP contribution < -0.4 is 15.8 Å². The first kappa shape index (κ1) is 16.2. The van der Waals surface area contributed by atoms with E-state index in [2.05, 4.69) is 10.5 Å². The Balaban J connectivity index is 2.78. The number of benzene rings is 1. The minimum absolute atomic E-state index is 0.00558. The van der Waals surface area contributed by atoms with Gasteiger partial charge in [0.25, 0.3) is 0 Å². The third-order valence-electron chi connectivity index (χ3n) is 2.83. The first-order valence-electron chi connectivity index (χ1n) is 6.14. The van der Waals surface area contributed by atoms with E-state index >= 15 is 0 Å². The van der Waals surface area contributed by atoms with Gasteiger partial charge in [0.1, 0.15) is 5.75 Å². The van der Waals surface area contributed by atoms with Gasteiger partial charge in [-0.3, -0.25) is 0 Å². The maximum atomic E-state index is 9.16. The van der Waals surface area contributed by atoms with Gasteiger partial charge in [-0.2, -0.15) is 0 Å². The first-order chi connectivity index (χ1) is 9.65. The van der Waals surface area contributed by atoms with E-state index in [4.69, 9.17) is 25.5 Å². The third-order valence-corrected chi connectivity index (χ3v) is 2.83. The highest BCUT2D eigenvalue weighted by Gasteiger charge is 2.10. The van der Waals surface area contributed by atoms with Crippen molar-refractivity contribution < 1.29 is 19.8 Å². The molecule has 0 amide bonds. The van der Waals surface area contributed by atoms with E-state index in [1.807, 2.05) is 6.07 Å². The van der Waals surface area contributed by atoms with Crippen LogP contribution in [0.15, 0.2) is 23.4 Å². The molecule has 20 heavy (non-hydrogen) atoms. The van der Waals surface area contributed by atoms with Gasteiger partial charge >= 0.3 is 0 Å². The molecule has 0 radical (unpaired) electrons. The summed E-state index contributed by atoms with van der Waals surface area (Å²) in [4.78, 5) is 0. The van der Waals surface area contributed by atoms with Crippen LogP contribution in [0.4, 0.5) is 0 Å². The Hall–Kier alpha value is -1.83. The number of nitrogens with one attached hydrogen (secondary N) is 1. The third kappa shape index (κ3) is 4.37. The number of amidine groups is 1. The van der Waals surface area contributed by atoms with Gasteiger partial charge in [-0.1, -0.05) is 11.2 Å². The second kappa shape index (κ2) is 8.36. The fourth-order valence-electron chi connectivity index (χ4n) is 1.75. The normalized spacial score (nSPS) is 13.2. The largest absolute Gasteiger partial charge is 0.496 e. The van der Waals surface area contributed by atoms with Crippen LogP contribution in [0.5, 0.6) is 5.75 Å². The Bertz CT molecular complexity index is 451. The van der Waals surface area contributed by atoms with Gasteiger partial charge in [-0.15, -0.1) is 0 Å². The molecular weight excluding hydrogens is 262 g/mol. The summed E-state index contributed by atoms with van der Waals surface area (Å²) in [6.45, 7) is 0.963. The van der Waals surface area contributed by atoms with Gasteiger partial charge in [0.15, 0.2) is 5.84 Å². The van der Waals surface area contributed by atoms with Crippen LogP contribution in [-0.4, -0.2) is 49.6 Å². The Labute approximate surface area is 118 Å². The smallest absolute Gasteiger partial charge is 0.173 e. The van der Waals surface area contributed by atoms with Crippen molar-refractivity contribution in [1.29, 1.82) is 0 Å². The molecular formula is C13H21N3O4. The number of oxime groups is 1. The number of methoxy groups -OCH3 is 2. The number of aliphatic hydroxyl groups excluding tert-OH is 1. The highest BCUT2D eigenvalue weighted by atomic mass is 16.5. The van der Waals surface area contributed by atoms with E-state index in [-0.39, 0.29) is 18.5 Å². The molecule has 0 aliphatic heterocycles. The van der Waals surface area contributed by atoms with Crippen molar-refractivity contribution in [1.82, 2.24) is 5.32 Å². The van der Waals surface area contributed by atoms with Crippen molar-refractivity contribution in [3.05, 3.63) is 29.3 Å². The Morgan fingerprint density at radius 2 is 2.20 bits per heavy atom. The Morgan fingerprint density at radius 3 is 2.75 bits per heavy atom. The molecule has 1 atom stereocenters. The molecule has 1 rings (SSSR count). The van der Waals surface area contributed by atoms with E-state index in [9.17, 15) is 0 Å². The lowest BCUT2D eigenvalue weighted by atomic mass is 10.1. The predicted molar refractivity (Wildman–Crippen MR) is 75.1 cm³/mol. The molecule has 0 spiro atoms. The minimum Gasteiger partial charge on any atom is -0.496 e. The highest BCUT2D eigenvalue weighted by Crippen LogP contribution is 2.20. The number of hydrogen-bond acceptors (Lipinski definition) is 6. The minimum atomic E-state index is -0.130. The van der Waals surface area contributed by atoms with Crippen LogP contribution >= 0.6 is 0 Å². The molecule has 7 nitrogen and oxygen atoms in total. The number of rotatable bonds is 8. The topological polar surface area (TPSA) is 109 Å². The second-order valence-electron chi connectivity index (χ2n) is 4.24. The predicted octanol–water partition coefficient (Wildman–Crippen LogP) is -0.113. The molecule has 1 unspecified atom stereocenters. The zero-order valence-corrected chi connectivity index (χ0v) is 11.7.